The van der Waals surface area contributed by atoms with Gasteiger partial charge >= 0.3 is 0 Å². The van der Waals surface area contributed by atoms with Gasteiger partial charge in [-0.2, -0.15) is 0 Å². The first-order valence-electron chi connectivity index (χ1n) is 5.71. The molecule has 0 spiro atoms. The molecular formula is C14H12ClFN2. The zero-order valence-corrected chi connectivity index (χ0v) is 10.4. The fourth-order valence-corrected chi connectivity index (χ4v) is 2.58. The summed E-state index contributed by atoms with van der Waals surface area (Å²) in [6.07, 6.45) is 0. The molecule has 4 heteroatoms. The Labute approximate surface area is 110 Å². The molecule has 2 aromatic rings. The highest BCUT2D eigenvalue weighted by Crippen LogP contribution is 2.35. The maximum atomic E-state index is 13.3. The van der Waals surface area contributed by atoms with Gasteiger partial charge in [0.15, 0.2) is 0 Å². The third-order valence-corrected chi connectivity index (χ3v) is 3.59. The molecule has 1 heterocycles. The largest absolute Gasteiger partial charge is 0.398 e. The summed E-state index contributed by atoms with van der Waals surface area (Å²) in [6, 6.07) is 10.3. The van der Waals surface area contributed by atoms with Gasteiger partial charge in [-0.1, -0.05) is 23.7 Å². The number of fused-ring (bicyclic) bond motifs is 1. The number of halogens is 2. The lowest BCUT2D eigenvalue weighted by atomic mass is 10.1. The first-order chi connectivity index (χ1) is 8.65. The van der Waals surface area contributed by atoms with Crippen LogP contribution in [0.3, 0.4) is 0 Å². The van der Waals surface area contributed by atoms with Crippen molar-refractivity contribution in [3.8, 4) is 0 Å². The lowest BCUT2D eigenvalue weighted by Crippen LogP contribution is -2.15. The van der Waals surface area contributed by atoms with E-state index in [1.165, 1.54) is 17.7 Å². The third kappa shape index (κ3) is 1.81. The molecule has 0 bridgehead atoms. The number of anilines is 2. The van der Waals surface area contributed by atoms with Crippen molar-refractivity contribution in [2.24, 2.45) is 0 Å². The van der Waals surface area contributed by atoms with Crippen LogP contribution in [-0.4, -0.2) is 0 Å². The molecular weight excluding hydrogens is 251 g/mol. The smallest absolute Gasteiger partial charge is 0.125 e. The summed E-state index contributed by atoms with van der Waals surface area (Å²) in [5, 5.41) is 0.558. The fourth-order valence-electron chi connectivity index (χ4n) is 2.35. The molecule has 1 aliphatic rings. The second kappa shape index (κ2) is 4.18. The molecule has 0 radical (unpaired) electrons. The van der Waals surface area contributed by atoms with E-state index >= 15 is 0 Å². The number of benzene rings is 2. The molecule has 92 valence electrons. The summed E-state index contributed by atoms with van der Waals surface area (Å²) < 4.78 is 13.3. The second-order valence-corrected chi connectivity index (χ2v) is 4.84. The molecule has 0 atom stereocenters. The van der Waals surface area contributed by atoms with Gasteiger partial charge in [-0.25, -0.2) is 4.39 Å². The third-order valence-electron chi connectivity index (χ3n) is 3.27. The van der Waals surface area contributed by atoms with Crippen LogP contribution in [0.1, 0.15) is 11.1 Å². The predicted molar refractivity (Wildman–Crippen MR) is 72.2 cm³/mol. The van der Waals surface area contributed by atoms with E-state index in [1.54, 1.807) is 6.07 Å². The lowest BCUT2D eigenvalue weighted by molar-refractivity contribution is 0.626. The van der Waals surface area contributed by atoms with Crippen LogP contribution in [0.5, 0.6) is 0 Å². The Bertz CT molecular complexity index is 613. The second-order valence-electron chi connectivity index (χ2n) is 4.44. The highest BCUT2D eigenvalue weighted by atomic mass is 35.5. The van der Waals surface area contributed by atoms with E-state index in [1.807, 2.05) is 23.1 Å². The minimum absolute atomic E-state index is 0.279. The molecule has 2 aromatic carbocycles. The summed E-state index contributed by atoms with van der Waals surface area (Å²) in [5.41, 5.74) is 9.73. The van der Waals surface area contributed by atoms with E-state index in [4.69, 9.17) is 17.3 Å². The number of nitrogens with two attached hydrogens (primary N) is 1. The average molecular weight is 263 g/mol. The molecule has 1 aliphatic heterocycles. The first kappa shape index (κ1) is 11.4. The maximum absolute atomic E-state index is 13.3. The fraction of sp³-hybridized carbons (Fsp3) is 0.143. The first-order valence-corrected chi connectivity index (χ1v) is 6.09. The normalized spacial score (nSPS) is 13.8. The summed E-state index contributed by atoms with van der Waals surface area (Å²) in [4.78, 5) is 2.03. The van der Waals surface area contributed by atoms with Crippen LogP contribution in [0.2, 0.25) is 5.02 Å². The average Bonchev–Trinajstić information content (AvgIpc) is 2.77. The predicted octanol–water partition coefficient (Wildman–Crippen LogP) is 3.58. The molecule has 0 amide bonds. The maximum Gasteiger partial charge on any atom is 0.125 e. The molecule has 2 N–H and O–H groups in total. The van der Waals surface area contributed by atoms with E-state index in [0.29, 0.717) is 23.8 Å². The highest BCUT2D eigenvalue weighted by Gasteiger charge is 2.22. The quantitative estimate of drug-likeness (QED) is 0.796. The Hall–Kier alpha value is -1.74. The Morgan fingerprint density at radius 2 is 2.00 bits per heavy atom. The van der Waals surface area contributed by atoms with Gasteiger partial charge in [-0.15, -0.1) is 0 Å². The Kier molecular flexibility index (Phi) is 2.63. The van der Waals surface area contributed by atoms with Gasteiger partial charge in [0.2, 0.25) is 0 Å². The van der Waals surface area contributed by atoms with Gasteiger partial charge in [0, 0.05) is 18.8 Å². The van der Waals surface area contributed by atoms with E-state index in [2.05, 4.69) is 0 Å². The highest BCUT2D eigenvalue weighted by molar-refractivity contribution is 6.33. The van der Waals surface area contributed by atoms with Gasteiger partial charge in [-0.05, 0) is 35.4 Å². The van der Waals surface area contributed by atoms with Gasteiger partial charge < -0.3 is 10.6 Å². The van der Waals surface area contributed by atoms with Crippen LogP contribution in [0.4, 0.5) is 15.8 Å². The minimum atomic E-state index is -0.279. The molecule has 0 aromatic heterocycles. The molecule has 0 fully saturated rings. The zero-order chi connectivity index (χ0) is 12.7. The van der Waals surface area contributed by atoms with Crippen LogP contribution in [0.15, 0.2) is 36.4 Å². The number of hydrogen-bond donors (Lipinski definition) is 1. The standard InChI is InChI=1S/C14H12ClFN2/c15-12-5-4-10(16)6-14(12)18-7-9-2-1-3-13(17)11(9)8-18/h1-6H,7-8,17H2. The van der Waals surface area contributed by atoms with Crippen molar-refractivity contribution in [2.45, 2.75) is 13.1 Å². The Balaban J connectivity index is 1.99. The van der Waals surface area contributed by atoms with Crippen LogP contribution in [-0.2, 0) is 13.1 Å². The van der Waals surface area contributed by atoms with Crippen molar-refractivity contribution in [1.29, 1.82) is 0 Å². The van der Waals surface area contributed by atoms with E-state index in [9.17, 15) is 4.39 Å². The number of hydrogen-bond acceptors (Lipinski definition) is 2. The lowest BCUT2D eigenvalue weighted by Gasteiger charge is -2.19. The van der Waals surface area contributed by atoms with Crippen molar-refractivity contribution in [1.82, 2.24) is 0 Å². The van der Waals surface area contributed by atoms with Crippen molar-refractivity contribution in [3.05, 3.63) is 58.4 Å². The minimum Gasteiger partial charge on any atom is -0.398 e. The van der Waals surface area contributed by atoms with E-state index < -0.39 is 0 Å². The van der Waals surface area contributed by atoms with Gasteiger partial charge in [0.1, 0.15) is 5.82 Å². The molecule has 0 saturated heterocycles. The van der Waals surface area contributed by atoms with Gasteiger partial charge in [0.05, 0.1) is 10.7 Å². The molecule has 2 nitrogen and oxygen atoms in total. The van der Waals surface area contributed by atoms with E-state index in [-0.39, 0.29) is 5.82 Å². The topological polar surface area (TPSA) is 29.3 Å². The molecule has 0 saturated carbocycles. The Morgan fingerprint density at radius 1 is 1.17 bits per heavy atom. The van der Waals surface area contributed by atoms with Gasteiger partial charge in [-0.3, -0.25) is 0 Å². The van der Waals surface area contributed by atoms with Crippen molar-refractivity contribution >= 4 is 23.0 Å². The zero-order valence-electron chi connectivity index (χ0n) is 9.66. The number of rotatable bonds is 1. The summed E-state index contributed by atoms with van der Waals surface area (Å²) in [7, 11) is 0. The molecule has 3 rings (SSSR count). The summed E-state index contributed by atoms with van der Waals surface area (Å²) in [5.74, 6) is -0.279. The monoisotopic (exact) mass is 262 g/mol. The van der Waals surface area contributed by atoms with Crippen molar-refractivity contribution in [2.75, 3.05) is 10.6 Å². The SMILES string of the molecule is Nc1cccc2c1CN(c1cc(F)ccc1Cl)C2. The number of nitrogen functional groups attached to an aromatic ring is 1. The molecule has 18 heavy (non-hydrogen) atoms. The van der Waals surface area contributed by atoms with Gasteiger partial charge in [0.25, 0.3) is 0 Å². The van der Waals surface area contributed by atoms with Crippen LogP contribution >= 0.6 is 11.6 Å². The van der Waals surface area contributed by atoms with Crippen molar-refractivity contribution < 1.29 is 4.39 Å². The number of nitrogens with zero attached hydrogens (tertiary/aromatic N) is 1. The Morgan fingerprint density at radius 3 is 2.78 bits per heavy atom. The molecule has 0 aliphatic carbocycles. The molecule has 0 unspecified atom stereocenters. The van der Waals surface area contributed by atoms with Crippen molar-refractivity contribution in [3.63, 3.8) is 0 Å². The summed E-state index contributed by atoms with van der Waals surface area (Å²) >= 11 is 6.12. The van der Waals surface area contributed by atoms with Crippen LogP contribution < -0.4 is 10.6 Å². The van der Waals surface area contributed by atoms with Crippen LogP contribution in [0, 0.1) is 5.82 Å². The van der Waals surface area contributed by atoms with E-state index in [0.717, 1.165) is 11.3 Å². The summed E-state index contributed by atoms with van der Waals surface area (Å²) in [6.45, 7) is 1.38. The van der Waals surface area contributed by atoms with Crippen LogP contribution in [0.25, 0.3) is 0 Å².